The highest BCUT2D eigenvalue weighted by molar-refractivity contribution is 7.47. The fraction of sp³-hybridized carbons (Fsp3) is 0.895. The first-order chi connectivity index (χ1) is 14.2. The number of hydrogen-bond donors (Lipinski definition) is 3. The van der Waals surface area contributed by atoms with Crippen LogP contribution in [0.15, 0.2) is 0 Å². The lowest BCUT2D eigenvalue weighted by Crippen LogP contribution is -2.29. The molecule has 0 radical (unpaired) electrons. The number of aliphatic hydroxyl groups is 2. The Hall–Kier alpha value is -1.03. The number of unbranched alkanes of at least 4 members (excludes halogenated alkanes) is 7. The first-order valence-electron chi connectivity index (χ1n) is 10.4. The van der Waals surface area contributed by atoms with Gasteiger partial charge in [0.25, 0.3) is 0 Å². The Morgan fingerprint density at radius 3 is 2.07 bits per heavy atom. The largest absolute Gasteiger partial charge is 0.472 e. The highest BCUT2D eigenvalue weighted by Gasteiger charge is 2.26. The highest BCUT2D eigenvalue weighted by Crippen LogP contribution is 2.43. The van der Waals surface area contributed by atoms with Crippen molar-refractivity contribution in [1.82, 2.24) is 0 Å². The summed E-state index contributed by atoms with van der Waals surface area (Å²) >= 11 is 0. The minimum absolute atomic E-state index is 0.182. The zero-order chi connectivity index (χ0) is 22.8. The average molecular weight is 456 g/mol. The molecule has 0 spiro atoms. The zero-order valence-electron chi connectivity index (χ0n) is 18.0. The molecule has 0 amide bonds. The van der Waals surface area contributed by atoms with Crippen molar-refractivity contribution in [3.05, 3.63) is 0 Å². The van der Waals surface area contributed by atoms with E-state index in [4.69, 9.17) is 24.2 Å². The molecule has 0 aliphatic heterocycles. The second-order valence-corrected chi connectivity index (χ2v) is 8.49. The summed E-state index contributed by atoms with van der Waals surface area (Å²) in [5.41, 5.74) is 0. The third-order valence-corrected chi connectivity index (χ3v) is 5.02. The van der Waals surface area contributed by atoms with Crippen LogP contribution in [0.1, 0.15) is 71.6 Å². The lowest BCUT2D eigenvalue weighted by atomic mass is 10.1. The minimum Gasteiger partial charge on any atom is -0.462 e. The van der Waals surface area contributed by atoms with Crippen molar-refractivity contribution in [2.24, 2.45) is 0 Å². The summed E-state index contributed by atoms with van der Waals surface area (Å²) in [5.74, 6) is -1.13. The number of aliphatic hydroxyl groups excluding tert-OH is 2. The average Bonchev–Trinajstić information content (AvgIpc) is 2.70. The summed E-state index contributed by atoms with van der Waals surface area (Å²) in [4.78, 5) is 32.6. The summed E-state index contributed by atoms with van der Waals surface area (Å²) in [6.07, 6.45) is 6.37. The predicted molar refractivity (Wildman–Crippen MR) is 109 cm³/mol. The van der Waals surface area contributed by atoms with Gasteiger partial charge in [-0.1, -0.05) is 51.9 Å². The third-order valence-electron chi connectivity index (χ3n) is 4.07. The van der Waals surface area contributed by atoms with Gasteiger partial charge in [-0.05, 0) is 6.42 Å². The van der Waals surface area contributed by atoms with Gasteiger partial charge in [0.15, 0.2) is 6.10 Å². The lowest BCUT2D eigenvalue weighted by Gasteiger charge is -2.20. The number of phosphoric acid groups is 1. The molecule has 0 aromatic carbocycles. The van der Waals surface area contributed by atoms with E-state index in [0.717, 1.165) is 19.3 Å². The monoisotopic (exact) mass is 456 g/mol. The summed E-state index contributed by atoms with van der Waals surface area (Å²) in [6.45, 7) is 1.20. The van der Waals surface area contributed by atoms with E-state index in [1.807, 2.05) is 0 Å². The lowest BCUT2D eigenvalue weighted by molar-refractivity contribution is -0.160. The minimum atomic E-state index is -4.55. The molecule has 11 heteroatoms. The van der Waals surface area contributed by atoms with Gasteiger partial charge in [0.05, 0.1) is 19.8 Å². The van der Waals surface area contributed by atoms with Crippen LogP contribution in [0.4, 0.5) is 0 Å². The van der Waals surface area contributed by atoms with Crippen LogP contribution in [0.25, 0.3) is 0 Å². The molecule has 0 aliphatic carbocycles. The van der Waals surface area contributed by atoms with E-state index < -0.39 is 51.8 Å². The summed E-state index contributed by atoms with van der Waals surface area (Å²) in [5, 5.41) is 17.8. The summed E-state index contributed by atoms with van der Waals surface area (Å²) < 4.78 is 31.0. The molecule has 0 saturated carbocycles. The molecule has 178 valence electrons. The van der Waals surface area contributed by atoms with Crippen molar-refractivity contribution in [2.45, 2.75) is 83.8 Å². The van der Waals surface area contributed by atoms with Crippen LogP contribution in [0.2, 0.25) is 0 Å². The van der Waals surface area contributed by atoms with Gasteiger partial charge in [-0.15, -0.1) is 0 Å². The highest BCUT2D eigenvalue weighted by atomic mass is 31.2. The van der Waals surface area contributed by atoms with Gasteiger partial charge in [-0.2, -0.15) is 0 Å². The molecule has 3 N–H and O–H groups in total. The Bertz CT molecular complexity index is 514. The van der Waals surface area contributed by atoms with E-state index in [1.165, 1.54) is 32.6 Å². The zero-order valence-corrected chi connectivity index (χ0v) is 18.9. The molecule has 30 heavy (non-hydrogen) atoms. The first kappa shape index (κ1) is 29.0. The molecule has 10 nitrogen and oxygen atoms in total. The Kier molecular flexibility index (Phi) is 17.0. The normalized spacial score (nSPS) is 15.2. The molecule has 3 atom stereocenters. The predicted octanol–water partition coefficient (Wildman–Crippen LogP) is 2.48. The quantitative estimate of drug-likeness (QED) is 0.150. The van der Waals surface area contributed by atoms with Gasteiger partial charge >= 0.3 is 19.8 Å². The van der Waals surface area contributed by atoms with Crippen molar-refractivity contribution < 1.29 is 47.8 Å². The maximum atomic E-state index is 12.0. The van der Waals surface area contributed by atoms with Crippen LogP contribution in [0.3, 0.4) is 0 Å². The van der Waals surface area contributed by atoms with E-state index in [-0.39, 0.29) is 13.0 Å². The number of phosphoric ester groups is 1. The first-order valence-corrected chi connectivity index (χ1v) is 11.9. The summed E-state index contributed by atoms with van der Waals surface area (Å²) in [6, 6.07) is 0. The molecule has 3 unspecified atom stereocenters. The fourth-order valence-corrected chi connectivity index (χ4v) is 3.21. The number of carbonyl (C=O) groups is 2. The molecule has 0 aromatic rings. The van der Waals surface area contributed by atoms with E-state index in [9.17, 15) is 19.0 Å². The molecule has 0 bridgehead atoms. The second kappa shape index (κ2) is 17.6. The van der Waals surface area contributed by atoms with Crippen LogP contribution in [-0.4, -0.2) is 65.7 Å². The van der Waals surface area contributed by atoms with Gasteiger partial charge in [0, 0.05) is 13.3 Å². The van der Waals surface area contributed by atoms with Crippen molar-refractivity contribution in [1.29, 1.82) is 0 Å². The Balaban J connectivity index is 4.29. The van der Waals surface area contributed by atoms with E-state index in [1.54, 1.807) is 0 Å². The summed E-state index contributed by atoms with van der Waals surface area (Å²) in [7, 11) is -4.55. The molecule has 0 heterocycles. The van der Waals surface area contributed by atoms with E-state index >= 15 is 0 Å². The molecule has 0 saturated heterocycles. The maximum Gasteiger partial charge on any atom is 0.472 e. The van der Waals surface area contributed by atoms with Crippen LogP contribution in [-0.2, 0) is 32.7 Å². The second-order valence-electron chi connectivity index (χ2n) is 7.04. The molecule has 0 fully saturated rings. The van der Waals surface area contributed by atoms with Crippen LogP contribution in [0, 0.1) is 0 Å². The van der Waals surface area contributed by atoms with Crippen LogP contribution in [0.5, 0.6) is 0 Å². The van der Waals surface area contributed by atoms with Crippen molar-refractivity contribution in [2.75, 3.05) is 26.4 Å². The van der Waals surface area contributed by atoms with Crippen LogP contribution >= 0.6 is 7.82 Å². The van der Waals surface area contributed by atoms with E-state index in [0.29, 0.717) is 6.42 Å². The van der Waals surface area contributed by atoms with Crippen molar-refractivity contribution in [3.63, 3.8) is 0 Å². The maximum absolute atomic E-state index is 12.0. The van der Waals surface area contributed by atoms with Gasteiger partial charge in [0.2, 0.25) is 0 Å². The molecule has 0 aromatic heterocycles. The smallest absolute Gasteiger partial charge is 0.462 e. The number of carbonyl (C=O) groups excluding carboxylic acids is 2. The Labute approximate surface area is 178 Å². The number of esters is 2. The molecular weight excluding hydrogens is 419 g/mol. The number of rotatable bonds is 19. The van der Waals surface area contributed by atoms with Crippen LogP contribution < -0.4 is 0 Å². The third kappa shape index (κ3) is 17.8. The fourth-order valence-electron chi connectivity index (χ4n) is 2.42. The number of hydrogen-bond acceptors (Lipinski definition) is 9. The van der Waals surface area contributed by atoms with Crippen molar-refractivity contribution >= 4 is 19.8 Å². The van der Waals surface area contributed by atoms with E-state index in [2.05, 4.69) is 11.4 Å². The SMILES string of the molecule is CCCCCCCCCCC(=O)OC(COC(C)=O)COP(=O)(O)OCC(O)CO. The van der Waals surface area contributed by atoms with Gasteiger partial charge < -0.3 is 24.6 Å². The topological polar surface area (TPSA) is 149 Å². The standard InChI is InChI=1S/C19H37O10P/c1-3-4-5-6-7-8-9-10-11-19(23)29-18(14-26-16(2)21)15-28-30(24,25)27-13-17(22)12-20/h17-18,20,22H,3-15H2,1-2H3,(H,24,25). The van der Waals surface area contributed by atoms with Gasteiger partial charge in [-0.25, -0.2) is 4.57 Å². The molecule has 0 aliphatic rings. The Morgan fingerprint density at radius 1 is 0.933 bits per heavy atom. The Morgan fingerprint density at radius 2 is 1.50 bits per heavy atom. The van der Waals surface area contributed by atoms with Crippen molar-refractivity contribution in [3.8, 4) is 0 Å². The van der Waals surface area contributed by atoms with Gasteiger partial charge in [-0.3, -0.25) is 18.6 Å². The number of ether oxygens (including phenoxy) is 2. The molecular formula is C19H37O10P. The molecule has 0 rings (SSSR count). The van der Waals surface area contributed by atoms with Gasteiger partial charge in [0.1, 0.15) is 12.7 Å².